The molecule has 1 aliphatic rings. The number of hydrogen-bond acceptors (Lipinski definition) is 8. The second kappa shape index (κ2) is 8.54. The van der Waals surface area contributed by atoms with Crippen LogP contribution in [0, 0.1) is 0 Å². The number of carbonyl (C=O) groups excluding carboxylic acids is 2. The number of ether oxygens (including phenoxy) is 3. The van der Waals surface area contributed by atoms with Crippen molar-refractivity contribution in [1.29, 1.82) is 0 Å². The summed E-state index contributed by atoms with van der Waals surface area (Å²) in [6, 6.07) is 7.10. The smallest absolute Gasteiger partial charge is 0.339 e. The van der Waals surface area contributed by atoms with E-state index in [1.165, 1.54) is 30.8 Å². The molecule has 1 saturated heterocycles. The van der Waals surface area contributed by atoms with Gasteiger partial charge in [-0.05, 0) is 24.3 Å². The minimum atomic E-state index is -0.480. The van der Waals surface area contributed by atoms with Crippen molar-refractivity contribution < 1.29 is 23.8 Å². The Morgan fingerprint density at radius 3 is 3.03 bits per heavy atom. The molecule has 1 unspecified atom stereocenters. The fourth-order valence-corrected chi connectivity index (χ4v) is 3.81. The van der Waals surface area contributed by atoms with E-state index in [1.54, 1.807) is 22.5 Å². The van der Waals surface area contributed by atoms with Crippen molar-refractivity contribution >= 4 is 33.4 Å². The zero-order chi connectivity index (χ0) is 20.2. The lowest BCUT2D eigenvalue weighted by molar-refractivity contribution is -0.0401. The number of pyridine rings is 1. The number of thiazole rings is 1. The Bertz CT molecular complexity index is 1040. The normalized spacial score (nSPS) is 16.6. The number of fused-ring (bicyclic) bond motifs is 1. The predicted octanol–water partition coefficient (Wildman–Crippen LogP) is 2.40. The Morgan fingerprint density at radius 1 is 1.28 bits per heavy atom. The Labute approximate surface area is 171 Å². The second-order valence-electron chi connectivity index (χ2n) is 6.49. The van der Waals surface area contributed by atoms with E-state index in [2.05, 4.69) is 14.7 Å². The van der Waals surface area contributed by atoms with E-state index in [-0.39, 0.29) is 18.6 Å². The van der Waals surface area contributed by atoms with Crippen LogP contribution in [0.15, 0.2) is 42.2 Å². The van der Waals surface area contributed by atoms with Crippen molar-refractivity contribution in [2.45, 2.75) is 6.10 Å². The van der Waals surface area contributed by atoms with Crippen LogP contribution in [0.4, 0.5) is 0 Å². The van der Waals surface area contributed by atoms with E-state index in [9.17, 15) is 9.59 Å². The third-order valence-corrected chi connectivity index (χ3v) is 5.37. The molecule has 3 aromatic rings. The molecular formula is C20H19N3O5S. The molecule has 4 rings (SSSR count). The summed E-state index contributed by atoms with van der Waals surface area (Å²) in [5, 5.41) is 0. The number of nitrogens with zero attached hydrogens (tertiary/aromatic N) is 3. The van der Waals surface area contributed by atoms with Crippen molar-refractivity contribution in [2.24, 2.45) is 0 Å². The van der Waals surface area contributed by atoms with Gasteiger partial charge in [0.15, 0.2) is 0 Å². The number of amides is 1. The van der Waals surface area contributed by atoms with Crippen LogP contribution < -0.4 is 4.74 Å². The molecule has 8 nitrogen and oxygen atoms in total. The number of carbonyl (C=O) groups is 2. The van der Waals surface area contributed by atoms with Crippen LogP contribution in [0.3, 0.4) is 0 Å². The van der Waals surface area contributed by atoms with Gasteiger partial charge in [0.05, 0.1) is 47.7 Å². The van der Waals surface area contributed by atoms with Crippen LogP contribution in [0.1, 0.15) is 20.7 Å². The van der Waals surface area contributed by atoms with Crippen molar-refractivity contribution in [3.63, 3.8) is 0 Å². The standard InChI is InChI=1S/C20H19N3O5S/c1-26-20(25)14-6-15(9-21-8-14)28-11-16-10-23(4-5-27-16)19(24)13-2-3-17-18(7-13)29-12-22-17/h2-3,6-9,12,16H,4-5,10-11H2,1H3. The van der Waals surface area contributed by atoms with E-state index in [0.29, 0.717) is 36.6 Å². The number of benzene rings is 1. The number of morpholine rings is 1. The topological polar surface area (TPSA) is 90.9 Å². The molecule has 0 radical (unpaired) electrons. The first-order valence-corrected chi connectivity index (χ1v) is 9.92. The highest BCUT2D eigenvalue weighted by atomic mass is 32.1. The van der Waals surface area contributed by atoms with Crippen LogP contribution in [0.2, 0.25) is 0 Å². The van der Waals surface area contributed by atoms with Crippen molar-refractivity contribution in [1.82, 2.24) is 14.9 Å². The summed E-state index contributed by atoms with van der Waals surface area (Å²) in [5.41, 5.74) is 3.61. The minimum Gasteiger partial charge on any atom is -0.489 e. The lowest BCUT2D eigenvalue weighted by atomic mass is 10.1. The zero-order valence-electron chi connectivity index (χ0n) is 15.7. The highest BCUT2D eigenvalue weighted by molar-refractivity contribution is 7.16. The number of aromatic nitrogens is 2. The van der Waals surface area contributed by atoms with Crippen LogP contribution in [-0.2, 0) is 9.47 Å². The molecule has 0 bridgehead atoms. The van der Waals surface area contributed by atoms with Gasteiger partial charge in [-0.2, -0.15) is 0 Å². The van der Waals surface area contributed by atoms with Gasteiger partial charge in [-0.1, -0.05) is 0 Å². The van der Waals surface area contributed by atoms with Gasteiger partial charge in [0.1, 0.15) is 18.5 Å². The first-order chi connectivity index (χ1) is 14.1. The molecule has 0 N–H and O–H groups in total. The molecule has 150 valence electrons. The maximum atomic E-state index is 12.9. The molecule has 29 heavy (non-hydrogen) atoms. The third kappa shape index (κ3) is 4.36. The largest absolute Gasteiger partial charge is 0.489 e. The summed E-state index contributed by atoms with van der Waals surface area (Å²) in [7, 11) is 1.31. The molecule has 1 aliphatic heterocycles. The maximum Gasteiger partial charge on any atom is 0.339 e. The number of rotatable bonds is 5. The molecule has 0 saturated carbocycles. The molecule has 9 heteroatoms. The first-order valence-electron chi connectivity index (χ1n) is 9.04. The van der Waals surface area contributed by atoms with E-state index >= 15 is 0 Å². The number of hydrogen-bond donors (Lipinski definition) is 0. The molecular weight excluding hydrogens is 394 g/mol. The minimum absolute atomic E-state index is 0.0389. The Morgan fingerprint density at radius 2 is 2.17 bits per heavy atom. The Hall–Kier alpha value is -3.04. The van der Waals surface area contributed by atoms with E-state index in [1.807, 2.05) is 12.1 Å². The predicted molar refractivity (Wildman–Crippen MR) is 106 cm³/mol. The summed E-state index contributed by atoms with van der Waals surface area (Å²) in [4.78, 5) is 34.5. The highest BCUT2D eigenvalue weighted by Gasteiger charge is 2.26. The monoisotopic (exact) mass is 413 g/mol. The summed E-state index contributed by atoms with van der Waals surface area (Å²) in [6.45, 7) is 1.62. The van der Waals surface area contributed by atoms with E-state index < -0.39 is 5.97 Å². The average molecular weight is 413 g/mol. The summed E-state index contributed by atoms with van der Waals surface area (Å²) in [5.74, 6) is -0.0786. The van der Waals surface area contributed by atoms with Gasteiger partial charge in [0.25, 0.3) is 5.91 Å². The van der Waals surface area contributed by atoms with Gasteiger partial charge < -0.3 is 19.1 Å². The number of esters is 1. The van der Waals surface area contributed by atoms with Gasteiger partial charge >= 0.3 is 5.97 Å². The van der Waals surface area contributed by atoms with Crippen LogP contribution in [0.5, 0.6) is 5.75 Å². The van der Waals surface area contributed by atoms with Crippen molar-refractivity contribution in [3.8, 4) is 5.75 Å². The van der Waals surface area contributed by atoms with Gasteiger partial charge in [-0.3, -0.25) is 9.78 Å². The molecule has 0 spiro atoms. The molecule has 1 fully saturated rings. The summed E-state index contributed by atoms with van der Waals surface area (Å²) in [6.07, 6.45) is 2.65. The highest BCUT2D eigenvalue weighted by Crippen LogP contribution is 2.21. The van der Waals surface area contributed by atoms with Gasteiger partial charge in [0, 0.05) is 18.3 Å². The summed E-state index contributed by atoms with van der Waals surface area (Å²) < 4.78 is 17.1. The lowest BCUT2D eigenvalue weighted by Crippen LogP contribution is -2.47. The quantitative estimate of drug-likeness (QED) is 0.593. The maximum absolute atomic E-state index is 12.9. The number of methoxy groups -OCH3 is 1. The molecule has 2 aromatic heterocycles. The molecule has 1 atom stereocenters. The fourth-order valence-electron chi connectivity index (χ4n) is 3.09. The molecule has 0 aliphatic carbocycles. The first kappa shape index (κ1) is 19.3. The fraction of sp³-hybridized carbons (Fsp3) is 0.300. The van der Waals surface area contributed by atoms with Crippen molar-refractivity contribution in [2.75, 3.05) is 33.4 Å². The van der Waals surface area contributed by atoms with Gasteiger partial charge in [-0.25, -0.2) is 9.78 Å². The van der Waals surface area contributed by atoms with Gasteiger partial charge in [0.2, 0.25) is 0 Å². The molecule has 1 aromatic carbocycles. The van der Waals surface area contributed by atoms with Crippen LogP contribution >= 0.6 is 11.3 Å². The molecule has 1 amide bonds. The second-order valence-corrected chi connectivity index (χ2v) is 7.38. The lowest BCUT2D eigenvalue weighted by Gasteiger charge is -2.32. The van der Waals surface area contributed by atoms with Crippen molar-refractivity contribution in [3.05, 3.63) is 53.3 Å². The average Bonchev–Trinajstić information content (AvgIpc) is 3.25. The van der Waals surface area contributed by atoms with E-state index in [0.717, 1.165) is 10.2 Å². The van der Waals surface area contributed by atoms with Crippen LogP contribution in [0.25, 0.3) is 10.2 Å². The molecule has 3 heterocycles. The Kier molecular flexibility index (Phi) is 5.68. The SMILES string of the molecule is COC(=O)c1cncc(OCC2CN(C(=O)c3ccc4ncsc4c3)CCO2)c1. The Balaban J connectivity index is 1.38. The zero-order valence-corrected chi connectivity index (χ0v) is 16.6. The van der Waals surface area contributed by atoms with Gasteiger partial charge in [-0.15, -0.1) is 11.3 Å². The van der Waals surface area contributed by atoms with Crippen LogP contribution in [-0.4, -0.2) is 66.3 Å². The van der Waals surface area contributed by atoms with E-state index in [4.69, 9.17) is 9.47 Å². The summed E-state index contributed by atoms with van der Waals surface area (Å²) >= 11 is 1.51. The third-order valence-electron chi connectivity index (χ3n) is 4.57.